The van der Waals surface area contributed by atoms with E-state index in [1.54, 1.807) is 0 Å². The molecule has 0 aromatic rings. The van der Waals surface area contributed by atoms with Crippen molar-refractivity contribution in [1.82, 2.24) is 15.1 Å². The maximum absolute atomic E-state index is 3.75. The molecule has 17 heavy (non-hydrogen) atoms. The van der Waals surface area contributed by atoms with Crippen LogP contribution in [-0.2, 0) is 0 Å². The van der Waals surface area contributed by atoms with E-state index in [-0.39, 0.29) is 0 Å². The molecule has 3 nitrogen and oxygen atoms in total. The maximum atomic E-state index is 3.75. The third-order valence-corrected chi connectivity index (χ3v) is 3.46. The van der Waals surface area contributed by atoms with E-state index in [4.69, 9.17) is 0 Å². The van der Waals surface area contributed by atoms with E-state index >= 15 is 0 Å². The molecule has 1 aliphatic rings. The van der Waals surface area contributed by atoms with Crippen LogP contribution in [-0.4, -0.2) is 62.7 Å². The lowest BCUT2D eigenvalue weighted by Gasteiger charge is -2.29. The number of hydrogen-bond donors (Lipinski definition) is 1. The lowest BCUT2D eigenvalue weighted by molar-refractivity contribution is 0.204. The molecule has 0 bridgehead atoms. The molecule has 0 spiro atoms. The largest absolute Gasteiger partial charge is 0.314 e. The number of hydrogen-bond acceptors (Lipinski definition) is 3. The van der Waals surface area contributed by atoms with Gasteiger partial charge in [-0.3, -0.25) is 4.90 Å². The molecule has 3 heteroatoms. The molecule has 0 aromatic heterocycles. The standard InChI is InChI=1S/C14H29N3/c1-3-4-5-6-7-10-16(2)13-14-17-11-8-15-9-12-17/h3,15H,1,4-14H2,2H3. The van der Waals surface area contributed by atoms with Crippen LogP contribution in [0.5, 0.6) is 0 Å². The predicted octanol–water partition coefficient (Wildman–Crippen LogP) is 1.57. The van der Waals surface area contributed by atoms with E-state index in [9.17, 15) is 0 Å². The number of unbranched alkanes of at least 4 members (excludes halogenated alkanes) is 3. The Balaban J connectivity index is 1.92. The van der Waals surface area contributed by atoms with Crippen LogP contribution in [0.3, 0.4) is 0 Å². The van der Waals surface area contributed by atoms with Crippen LogP contribution in [0.4, 0.5) is 0 Å². The summed E-state index contributed by atoms with van der Waals surface area (Å²) in [7, 11) is 2.25. The van der Waals surface area contributed by atoms with E-state index < -0.39 is 0 Å². The van der Waals surface area contributed by atoms with E-state index in [0.29, 0.717) is 0 Å². The Kier molecular flexibility index (Phi) is 8.32. The second-order valence-corrected chi connectivity index (χ2v) is 5.03. The molecule has 1 fully saturated rings. The predicted molar refractivity (Wildman–Crippen MR) is 75.5 cm³/mol. The Morgan fingerprint density at radius 1 is 1.18 bits per heavy atom. The summed E-state index contributed by atoms with van der Waals surface area (Å²) < 4.78 is 0. The van der Waals surface area contributed by atoms with Gasteiger partial charge >= 0.3 is 0 Å². The van der Waals surface area contributed by atoms with Crippen molar-refractivity contribution in [1.29, 1.82) is 0 Å². The fourth-order valence-electron chi connectivity index (χ4n) is 2.21. The molecule has 0 amide bonds. The molecular weight excluding hydrogens is 210 g/mol. The number of likely N-dealkylation sites (N-methyl/N-ethyl adjacent to an activating group) is 1. The SMILES string of the molecule is C=CCCCCCN(C)CCN1CCNCC1. The molecule has 0 atom stereocenters. The molecule has 100 valence electrons. The summed E-state index contributed by atoms with van der Waals surface area (Å²) in [6.45, 7) is 12.2. The Labute approximate surface area is 107 Å². The van der Waals surface area contributed by atoms with Gasteiger partial charge in [0.2, 0.25) is 0 Å². The van der Waals surface area contributed by atoms with Crippen molar-refractivity contribution < 1.29 is 0 Å². The van der Waals surface area contributed by atoms with Crippen LogP contribution >= 0.6 is 0 Å². The number of nitrogens with zero attached hydrogens (tertiary/aromatic N) is 2. The first kappa shape index (κ1) is 14.7. The average molecular weight is 239 g/mol. The summed E-state index contributed by atoms with van der Waals surface area (Å²) >= 11 is 0. The summed E-state index contributed by atoms with van der Waals surface area (Å²) in [4.78, 5) is 5.03. The monoisotopic (exact) mass is 239 g/mol. The molecule has 0 radical (unpaired) electrons. The lowest BCUT2D eigenvalue weighted by atomic mass is 10.2. The van der Waals surface area contributed by atoms with Gasteiger partial charge in [0.25, 0.3) is 0 Å². The van der Waals surface area contributed by atoms with E-state index in [2.05, 4.69) is 28.7 Å². The highest BCUT2D eigenvalue weighted by atomic mass is 15.2. The molecule has 0 aliphatic carbocycles. The normalized spacial score (nSPS) is 17.5. The fraction of sp³-hybridized carbons (Fsp3) is 0.857. The van der Waals surface area contributed by atoms with Gasteiger partial charge in [0.1, 0.15) is 0 Å². The van der Waals surface area contributed by atoms with Crippen LogP contribution in [0, 0.1) is 0 Å². The van der Waals surface area contributed by atoms with Gasteiger partial charge in [-0.25, -0.2) is 0 Å². The minimum absolute atomic E-state index is 1.16. The van der Waals surface area contributed by atoms with Gasteiger partial charge in [0, 0.05) is 39.3 Å². The molecule has 0 saturated carbocycles. The summed E-state index contributed by atoms with van der Waals surface area (Å²) in [5.74, 6) is 0. The zero-order valence-corrected chi connectivity index (χ0v) is 11.5. The highest BCUT2D eigenvalue weighted by molar-refractivity contribution is 4.69. The van der Waals surface area contributed by atoms with E-state index in [0.717, 1.165) is 13.1 Å². The molecule has 1 saturated heterocycles. The topological polar surface area (TPSA) is 18.5 Å². The third kappa shape index (κ3) is 7.53. The molecule has 1 heterocycles. The summed E-state index contributed by atoms with van der Waals surface area (Å²) in [5.41, 5.74) is 0. The number of allylic oxidation sites excluding steroid dienone is 1. The molecule has 1 rings (SSSR count). The van der Waals surface area contributed by atoms with Crippen molar-refractivity contribution in [3.8, 4) is 0 Å². The highest BCUT2D eigenvalue weighted by Crippen LogP contribution is 2.01. The minimum atomic E-state index is 1.16. The van der Waals surface area contributed by atoms with Crippen LogP contribution in [0.2, 0.25) is 0 Å². The van der Waals surface area contributed by atoms with Crippen LogP contribution in [0.15, 0.2) is 12.7 Å². The van der Waals surface area contributed by atoms with Crippen molar-refractivity contribution in [2.75, 3.05) is 52.9 Å². The first-order valence-corrected chi connectivity index (χ1v) is 7.05. The number of piperazine rings is 1. The Morgan fingerprint density at radius 3 is 2.65 bits per heavy atom. The molecule has 1 N–H and O–H groups in total. The van der Waals surface area contributed by atoms with Crippen molar-refractivity contribution >= 4 is 0 Å². The van der Waals surface area contributed by atoms with Gasteiger partial charge in [-0.15, -0.1) is 6.58 Å². The van der Waals surface area contributed by atoms with Gasteiger partial charge in [0.05, 0.1) is 0 Å². The Hall–Kier alpha value is -0.380. The molecule has 1 aliphatic heterocycles. The second-order valence-electron chi connectivity index (χ2n) is 5.03. The summed E-state index contributed by atoms with van der Waals surface area (Å²) in [5, 5.41) is 3.39. The first-order valence-electron chi connectivity index (χ1n) is 7.05. The van der Waals surface area contributed by atoms with Gasteiger partial charge < -0.3 is 10.2 Å². The summed E-state index contributed by atoms with van der Waals surface area (Å²) in [6.07, 6.45) is 7.16. The number of nitrogens with one attached hydrogen (secondary N) is 1. The number of rotatable bonds is 9. The van der Waals surface area contributed by atoms with Crippen molar-refractivity contribution in [3.63, 3.8) is 0 Å². The average Bonchev–Trinajstić information content (AvgIpc) is 2.37. The third-order valence-electron chi connectivity index (χ3n) is 3.46. The van der Waals surface area contributed by atoms with Crippen molar-refractivity contribution in [2.24, 2.45) is 0 Å². The second kappa shape index (κ2) is 9.63. The zero-order valence-electron chi connectivity index (χ0n) is 11.5. The Morgan fingerprint density at radius 2 is 1.94 bits per heavy atom. The maximum Gasteiger partial charge on any atom is 0.0110 e. The quantitative estimate of drug-likeness (QED) is 0.487. The van der Waals surface area contributed by atoms with Gasteiger partial charge in [-0.1, -0.05) is 12.5 Å². The lowest BCUT2D eigenvalue weighted by Crippen LogP contribution is -2.46. The van der Waals surface area contributed by atoms with Crippen LogP contribution in [0.1, 0.15) is 25.7 Å². The Bertz CT molecular complexity index is 188. The molecule has 0 unspecified atom stereocenters. The molecular formula is C14H29N3. The van der Waals surface area contributed by atoms with Gasteiger partial charge in [0.15, 0.2) is 0 Å². The summed E-state index contributed by atoms with van der Waals surface area (Å²) in [6, 6.07) is 0. The van der Waals surface area contributed by atoms with Crippen LogP contribution in [0.25, 0.3) is 0 Å². The van der Waals surface area contributed by atoms with E-state index in [1.165, 1.54) is 58.4 Å². The zero-order chi connectivity index (χ0) is 12.3. The fourth-order valence-corrected chi connectivity index (χ4v) is 2.21. The van der Waals surface area contributed by atoms with Gasteiger partial charge in [-0.2, -0.15) is 0 Å². The van der Waals surface area contributed by atoms with Crippen LogP contribution < -0.4 is 5.32 Å². The van der Waals surface area contributed by atoms with Crippen molar-refractivity contribution in [3.05, 3.63) is 12.7 Å². The first-order chi connectivity index (χ1) is 8.33. The van der Waals surface area contributed by atoms with E-state index in [1.807, 2.05) is 6.08 Å². The highest BCUT2D eigenvalue weighted by Gasteiger charge is 2.09. The minimum Gasteiger partial charge on any atom is -0.314 e. The molecule has 0 aromatic carbocycles. The van der Waals surface area contributed by atoms with Gasteiger partial charge in [-0.05, 0) is 32.9 Å². The smallest absolute Gasteiger partial charge is 0.0110 e. The van der Waals surface area contributed by atoms with Crippen molar-refractivity contribution in [2.45, 2.75) is 25.7 Å².